The molecule has 0 N–H and O–H groups in total. The zero-order valence-corrected chi connectivity index (χ0v) is 7.92. The standard InChI is InChI=1S/C10H18O/c1-8(2)6-5-7-9(3)10(4)11/h5,7-9H,6H2,1-4H3. The van der Waals surface area contributed by atoms with Gasteiger partial charge >= 0.3 is 0 Å². The van der Waals surface area contributed by atoms with Crippen LogP contribution in [0.25, 0.3) is 0 Å². The Balaban J connectivity index is 3.65. The number of ketones is 1. The first-order valence-electron chi connectivity index (χ1n) is 4.21. The Morgan fingerprint density at radius 1 is 1.36 bits per heavy atom. The lowest BCUT2D eigenvalue weighted by Crippen LogP contribution is -2.01. The molecular weight excluding hydrogens is 136 g/mol. The molecule has 0 saturated carbocycles. The van der Waals surface area contributed by atoms with E-state index in [1.807, 2.05) is 13.0 Å². The summed E-state index contributed by atoms with van der Waals surface area (Å²) in [6, 6.07) is 0. The van der Waals surface area contributed by atoms with Crippen LogP contribution >= 0.6 is 0 Å². The summed E-state index contributed by atoms with van der Waals surface area (Å²) in [7, 11) is 0. The Hall–Kier alpha value is -0.590. The predicted octanol–water partition coefficient (Wildman–Crippen LogP) is 2.81. The second kappa shape index (κ2) is 5.11. The van der Waals surface area contributed by atoms with Crippen LogP contribution in [-0.4, -0.2) is 5.78 Å². The van der Waals surface area contributed by atoms with Crippen molar-refractivity contribution < 1.29 is 4.79 Å². The molecule has 1 unspecified atom stereocenters. The molecular formula is C10H18O. The Labute approximate surface area is 69.5 Å². The summed E-state index contributed by atoms with van der Waals surface area (Å²) in [4.78, 5) is 10.8. The van der Waals surface area contributed by atoms with Crippen molar-refractivity contribution >= 4 is 5.78 Å². The van der Waals surface area contributed by atoms with E-state index in [4.69, 9.17) is 0 Å². The van der Waals surface area contributed by atoms with Crippen LogP contribution in [0.3, 0.4) is 0 Å². The highest BCUT2D eigenvalue weighted by atomic mass is 16.1. The van der Waals surface area contributed by atoms with E-state index in [2.05, 4.69) is 19.9 Å². The number of Topliss-reactive ketones (excluding diaryl/α,β-unsaturated/α-hetero) is 1. The van der Waals surface area contributed by atoms with Crippen LogP contribution in [0.15, 0.2) is 12.2 Å². The van der Waals surface area contributed by atoms with Gasteiger partial charge in [0, 0.05) is 5.92 Å². The maximum absolute atomic E-state index is 10.8. The van der Waals surface area contributed by atoms with Gasteiger partial charge in [-0.1, -0.05) is 32.9 Å². The van der Waals surface area contributed by atoms with Crippen LogP contribution in [0, 0.1) is 11.8 Å². The topological polar surface area (TPSA) is 17.1 Å². The maximum Gasteiger partial charge on any atom is 0.136 e. The fourth-order valence-corrected chi connectivity index (χ4v) is 0.690. The van der Waals surface area contributed by atoms with Crippen molar-refractivity contribution in [2.75, 3.05) is 0 Å². The molecule has 0 bridgehead atoms. The zero-order chi connectivity index (χ0) is 8.85. The minimum Gasteiger partial charge on any atom is -0.299 e. The third-order valence-corrected chi connectivity index (χ3v) is 1.67. The quantitative estimate of drug-likeness (QED) is 0.569. The second-order valence-electron chi connectivity index (χ2n) is 3.46. The fourth-order valence-electron chi connectivity index (χ4n) is 0.690. The van der Waals surface area contributed by atoms with Gasteiger partial charge in [0.1, 0.15) is 5.78 Å². The van der Waals surface area contributed by atoms with Gasteiger partial charge in [0.05, 0.1) is 0 Å². The van der Waals surface area contributed by atoms with Crippen molar-refractivity contribution in [2.45, 2.75) is 34.1 Å². The molecule has 1 nitrogen and oxygen atoms in total. The zero-order valence-electron chi connectivity index (χ0n) is 7.92. The predicted molar refractivity (Wildman–Crippen MR) is 48.4 cm³/mol. The van der Waals surface area contributed by atoms with Gasteiger partial charge in [-0.05, 0) is 19.3 Å². The van der Waals surface area contributed by atoms with E-state index in [1.165, 1.54) is 0 Å². The molecule has 0 radical (unpaired) electrons. The summed E-state index contributed by atoms with van der Waals surface area (Å²) in [6.45, 7) is 7.90. The van der Waals surface area contributed by atoms with Gasteiger partial charge in [0.25, 0.3) is 0 Å². The molecule has 0 fully saturated rings. The number of hydrogen-bond acceptors (Lipinski definition) is 1. The summed E-state index contributed by atoms with van der Waals surface area (Å²) in [6.07, 6.45) is 5.15. The molecule has 0 spiro atoms. The monoisotopic (exact) mass is 154 g/mol. The van der Waals surface area contributed by atoms with E-state index < -0.39 is 0 Å². The highest BCUT2D eigenvalue weighted by molar-refractivity contribution is 5.79. The van der Waals surface area contributed by atoms with Crippen LogP contribution in [0.2, 0.25) is 0 Å². The van der Waals surface area contributed by atoms with Gasteiger partial charge < -0.3 is 0 Å². The largest absolute Gasteiger partial charge is 0.299 e. The van der Waals surface area contributed by atoms with Crippen molar-refractivity contribution in [3.8, 4) is 0 Å². The molecule has 11 heavy (non-hydrogen) atoms. The van der Waals surface area contributed by atoms with Crippen LogP contribution in [0.5, 0.6) is 0 Å². The minimum atomic E-state index is 0.0914. The molecule has 0 aliphatic heterocycles. The number of rotatable bonds is 4. The Morgan fingerprint density at radius 3 is 2.27 bits per heavy atom. The Kier molecular flexibility index (Phi) is 4.84. The smallest absolute Gasteiger partial charge is 0.136 e. The first kappa shape index (κ1) is 10.4. The molecule has 0 aromatic rings. The van der Waals surface area contributed by atoms with Crippen LogP contribution in [-0.2, 0) is 4.79 Å². The molecule has 64 valence electrons. The van der Waals surface area contributed by atoms with Crippen LogP contribution < -0.4 is 0 Å². The highest BCUT2D eigenvalue weighted by Gasteiger charge is 2.00. The fraction of sp³-hybridized carbons (Fsp3) is 0.700. The third-order valence-electron chi connectivity index (χ3n) is 1.67. The molecule has 0 aliphatic rings. The lowest BCUT2D eigenvalue weighted by atomic mass is 10.0. The summed E-state index contributed by atoms with van der Waals surface area (Å²) in [5.41, 5.74) is 0. The number of hydrogen-bond donors (Lipinski definition) is 0. The van der Waals surface area contributed by atoms with E-state index in [-0.39, 0.29) is 11.7 Å². The van der Waals surface area contributed by atoms with E-state index in [1.54, 1.807) is 6.92 Å². The van der Waals surface area contributed by atoms with Crippen molar-refractivity contribution in [3.05, 3.63) is 12.2 Å². The maximum atomic E-state index is 10.8. The van der Waals surface area contributed by atoms with E-state index in [0.29, 0.717) is 5.92 Å². The van der Waals surface area contributed by atoms with Crippen molar-refractivity contribution in [1.29, 1.82) is 0 Å². The Bertz CT molecular complexity index is 145. The average molecular weight is 154 g/mol. The normalized spacial score (nSPS) is 14.3. The summed E-state index contributed by atoms with van der Waals surface area (Å²) in [5.74, 6) is 1.02. The minimum absolute atomic E-state index is 0.0914. The summed E-state index contributed by atoms with van der Waals surface area (Å²) < 4.78 is 0. The molecule has 0 aromatic heterocycles. The van der Waals surface area contributed by atoms with Gasteiger partial charge in [0.15, 0.2) is 0 Å². The first-order chi connectivity index (χ1) is 5.04. The molecule has 0 aromatic carbocycles. The summed E-state index contributed by atoms with van der Waals surface area (Å²) in [5, 5.41) is 0. The van der Waals surface area contributed by atoms with Gasteiger partial charge in [-0.3, -0.25) is 4.79 Å². The Morgan fingerprint density at radius 2 is 1.91 bits per heavy atom. The molecule has 1 atom stereocenters. The highest BCUT2D eigenvalue weighted by Crippen LogP contribution is 2.04. The number of allylic oxidation sites excluding steroid dienone is 2. The van der Waals surface area contributed by atoms with Crippen molar-refractivity contribution in [3.63, 3.8) is 0 Å². The second-order valence-corrected chi connectivity index (χ2v) is 3.46. The lowest BCUT2D eigenvalue weighted by Gasteiger charge is -2.00. The van der Waals surface area contributed by atoms with Gasteiger partial charge in [-0.2, -0.15) is 0 Å². The third kappa shape index (κ3) is 5.84. The van der Waals surface area contributed by atoms with Crippen molar-refractivity contribution in [2.24, 2.45) is 11.8 Å². The number of carbonyl (C=O) groups excluding carboxylic acids is 1. The van der Waals surface area contributed by atoms with E-state index >= 15 is 0 Å². The molecule has 1 heteroatoms. The molecule has 0 saturated heterocycles. The van der Waals surface area contributed by atoms with E-state index in [9.17, 15) is 4.79 Å². The van der Waals surface area contributed by atoms with Gasteiger partial charge in [-0.25, -0.2) is 0 Å². The molecule has 0 aliphatic carbocycles. The summed E-state index contributed by atoms with van der Waals surface area (Å²) >= 11 is 0. The first-order valence-corrected chi connectivity index (χ1v) is 4.21. The molecule has 0 heterocycles. The SMILES string of the molecule is CC(=O)C(C)C=CCC(C)C. The van der Waals surface area contributed by atoms with Gasteiger partial charge in [0.2, 0.25) is 0 Å². The van der Waals surface area contributed by atoms with Crippen LogP contribution in [0.4, 0.5) is 0 Å². The van der Waals surface area contributed by atoms with E-state index in [0.717, 1.165) is 6.42 Å². The average Bonchev–Trinajstić information content (AvgIpc) is 1.86. The lowest BCUT2D eigenvalue weighted by molar-refractivity contribution is -0.118. The number of carbonyl (C=O) groups is 1. The van der Waals surface area contributed by atoms with Crippen molar-refractivity contribution in [1.82, 2.24) is 0 Å². The van der Waals surface area contributed by atoms with Gasteiger partial charge in [-0.15, -0.1) is 0 Å². The van der Waals surface area contributed by atoms with Crippen LogP contribution in [0.1, 0.15) is 34.1 Å². The molecule has 0 rings (SSSR count). The molecule has 0 amide bonds.